The Morgan fingerprint density at radius 1 is 1.31 bits per heavy atom. The van der Waals surface area contributed by atoms with E-state index in [0.717, 1.165) is 19.5 Å². The zero-order chi connectivity index (χ0) is 19.5. The number of hydrogen-bond donors (Lipinski definition) is 2. The van der Waals surface area contributed by atoms with Crippen molar-refractivity contribution in [3.05, 3.63) is 29.8 Å². The highest BCUT2D eigenvalue weighted by Gasteiger charge is 2.46. The normalized spacial score (nSPS) is 22.8. The highest BCUT2D eigenvalue weighted by Crippen LogP contribution is 2.34. The first-order valence-corrected chi connectivity index (χ1v) is 9.04. The Kier molecular flexibility index (Phi) is 5.90. The maximum absolute atomic E-state index is 12.5. The molecule has 0 unspecified atom stereocenters. The number of nitrogens with one attached hydrogen (secondary N) is 1. The lowest BCUT2D eigenvalue weighted by Gasteiger charge is -2.49. The van der Waals surface area contributed by atoms with Crippen LogP contribution in [0.2, 0.25) is 0 Å². The van der Waals surface area contributed by atoms with Gasteiger partial charge in [0.2, 0.25) is 10.0 Å². The number of alkyl halides is 3. The lowest BCUT2D eigenvalue weighted by molar-refractivity contribution is -0.192. The zero-order valence-electron chi connectivity index (χ0n) is 13.4. The molecule has 2 fully saturated rings. The first kappa shape index (κ1) is 20.2. The van der Waals surface area contributed by atoms with Gasteiger partial charge < -0.3 is 10.4 Å². The van der Waals surface area contributed by atoms with Crippen LogP contribution in [0.15, 0.2) is 29.2 Å². The lowest BCUT2D eigenvalue weighted by atomic mass is 9.86. The van der Waals surface area contributed by atoms with Gasteiger partial charge >= 0.3 is 12.1 Å². The largest absolute Gasteiger partial charge is 0.490 e. The van der Waals surface area contributed by atoms with E-state index in [2.05, 4.69) is 5.32 Å². The number of carboxylic acid groups (broad SMARTS) is 1. The Bertz CT molecular complexity index is 803. The molecule has 1 aromatic carbocycles. The number of fused-ring (bicyclic) bond motifs is 1. The molecule has 7 nitrogen and oxygen atoms in total. The van der Waals surface area contributed by atoms with Gasteiger partial charge in [-0.1, -0.05) is 0 Å². The molecule has 2 heterocycles. The quantitative estimate of drug-likeness (QED) is 0.783. The number of benzene rings is 1. The third-order valence-corrected chi connectivity index (χ3v) is 6.09. The molecule has 11 heteroatoms. The number of carbonyl (C=O) groups is 1. The van der Waals surface area contributed by atoms with E-state index in [1.54, 1.807) is 16.4 Å². The molecule has 0 spiro atoms. The number of piperidine rings is 1. The minimum atomic E-state index is -5.08. The molecule has 0 amide bonds. The fourth-order valence-corrected chi connectivity index (χ4v) is 4.59. The van der Waals surface area contributed by atoms with Crippen LogP contribution in [0.5, 0.6) is 0 Å². The topological polar surface area (TPSA) is 111 Å². The van der Waals surface area contributed by atoms with Crippen LogP contribution in [0, 0.1) is 17.2 Å². The van der Waals surface area contributed by atoms with Gasteiger partial charge in [0, 0.05) is 25.0 Å². The van der Waals surface area contributed by atoms with Crippen LogP contribution in [0.3, 0.4) is 0 Å². The summed E-state index contributed by atoms with van der Waals surface area (Å²) in [4.78, 5) is 9.18. The van der Waals surface area contributed by atoms with Gasteiger partial charge in [-0.25, -0.2) is 13.2 Å². The van der Waals surface area contributed by atoms with Crippen molar-refractivity contribution < 1.29 is 31.5 Å². The highest BCUT2D eigenvalue weighted by molar-refractivity contribution is 7.89. The summed E-state index contributed by atoms with van der Waals surface area (Å²) in [5.41, 5.74) is 0.474. The molecule has 2 saturated heterocycles. The summed E-state index contributed by atoms with van der Waals surface area (Å²) < 4.78 is 58.3. The summed E-state index contributed by atoms with van der Waals surface area (Å²) in [6.45, 7) is 2.38. The van der Waals surface area contributed by atoms with E-state index in [0.29, 0.717) is 18.0 Å². The summed E-state index contributed by atoms with van der Waals surface area (Å²) in [5.74, 6) is -2.31. The van der Waals surface area contributed by atoms with E-state index in [-0.39, 0.29) is 10.9 Å². The van der Waals surface area contributed by atoms with Crippen LogP contribution in [0.4, 0.5) is 13.2 Å². The minimum absolute atomic E-state index is 0.141. The van der Waals surface area contributed by atoms with Crippen LogP contribution in [0.1, 0.15) is 12.0 Å². The van der Waals surface area contributed by atoms with E-state index < -0.39 is 22.2 Å². The number of nitrogens with zero attached hydrogens (tertiary/aromatic N) is 2. The molecular formula is C15H16F3N3O4S. The fraction of sp³-hybridized carbons (Fsp3) is 0.467. The molecule has 0 saturated carbocycles. The van der Waals surface area contributed by atoms with Crippen molar-refractivity contribution in [3.63, 3.8) is 0 Å². The number of sulfonamides is 1. The van der Waals surface area contributed by atoms with Crippen molar-refractivity contribution in [2.45, 2.75) is 23.5 Å². The van der Waals surface area contributed by atoms with Crippen molar-refractivity contribution >= 4 is 16.0 Å². The molecule has 142 valence electrons. The lowest BCUT2D eigenvalue weighted by Crippen LogP contribution is -2.64. The predicted octanol–water partition coefficient (Wildman–Crippen LogP) is 1.17. The molecule has 3 rings (SSSR count). The Morgan fingerprint density at radius 3 is 2.35 bits per heavy atom. The molecule has 2 N–H and O–H groups in total. The number of rotatable bonds is 2. The Balaban J connectivity index is 0.000000298. The van der Waals surface area contributed by atoms with E-state index in [4.69, 9.17) is 15.2 Å². The number of carboxylic acids is 1. The van der Waals surface area contributed by atoms with E-state index in [9.17, 15) is 21.6 Å². The van der Waals surface area contributed by atoms with Gasteiger partial charge in [-0.15, -0.1) is 0 Å². The van der Waals surface area contributed by atoms with Crippen LogP contribution < -0.4 is 5.32 Å². The molecule has 0 bridgehead atoms. The summed E-state index contributed by atoms with van der Waals surface area (Å²) in [6.07, 6.45) is -4.21. The summed E-state index contributed by atoms with van der Waals surface area (Å²) in [7, 11) is -3.40. The number of hydrogen-bond acceptors (Lipinski definition) is 5. The van der Waals surface area contributed by atoms with Crippen molar-refractivity contribution in [1.82, 2.24) is 9.62 Å². The maximum Gasteiger partial charge on any atom is 0.490 e. The Morgan fingerprint density at radius 2 is 1.88 bits per heavy atom. The molecule has 1 aromatic rings. The first-order chi connectivity index (χ1) is 12.1. The summed E-state index contributed by atoms with van der Waals surface area (Å²) in [5, 5.41) is 19.1. The van der Waals surface area contributed by atoms with Gasteiger partial charge in [0.25, 0.3) is 0 Å². The standard InChI is InChI=1S/C13H15N3O2S.C2HF3O2/c14-7-10-1-3-12(4-2-10)19(17,18)16-9-11-8-15-6-5-13(11)16;3-2(4,5)1(6)7/h1-4,11,13,15H,5-6,8-9H2;(H,6,7)/t11-,13-;/m0./s1. The second-order valence-electron chi connectivity index (χ2n) is 5.83. The van der Waals surface area contributed by atoms with Crippen LogP contribution in [-0.2, 0) is 14.8 Å². The van der Waals surface area contributed by atoms with Gasteiger partial charge in [-0.05, 0) is 37.2 Å². The van der Waals surface area contributed by atoms with E-state index in [1.807, 2.05) is 6.07 Å². The summed E-state index contributed by atoms with van der Waals surface area (Å²) >= 11 is 0. The SMILES string of the molecule is N#Cc1ccc(S(=O)(=O)N2C[C@@H]3CNCC[C@@H]32)cc1.O=C(O)C(F)(F)F. The predicted molar refractivity (Wildman–Crippen MR) is 83.5 cm³/mol. The Hall–Kier alpha value is -2.16. The van der Waals surface area contributed by atoms with Crippen molar-refractivity contribution in [2.75, 3.05) is 19.6 Å². The monoisotopic (exact) mass is 391 g/mol. The first-order valence-electron chi connectivity index (χ1n) is 7.60. The van der Waals surface area contributed by atoms with Crippen LogP contribution in [-0.4, -0.2) is 55.7 Å². The van der Waals surface area contributed by atoms with Crippen molar-refractivity contribution in [2.24, 2.45) is 5.92 Å². The molecule has 2 atom stereocenters. The van der Waals surface area contributed by atoms with Gasteiger partial charge in [0.15, 0.2) is 0 Å². The van der Waals surface area contributed by atoms with Gasteiger partial charge in [-0.2, -0.15) is 22.7 Å². The van der Waals surface area contributed by atoms with E-state index in [1.165, 1.54) is 12.1 Å². The maximum atomic E-state index is 12.5. The molecule has 2 aliphatic rings. The van der Waals surface area contributed by atoms with Crippen LogP contribution >= 0.6 is 0 Å². The molecular weight excluding hydrogens is 375 g/mol. The minimum Gasteiger partial charge on any atom is -0.475 e. The highest BCUT2D eigenvalue weighted by atomic mass is 32.2. The van der Waals surface area contributed by atoms with Gasteiger partial charge in [0.05, 0.1) is 16.5 Å². The third-order valence-electron chi connectivity index (χ3n) is 4.18. The second-order valence-corrected chi connectivity index (χ2v) is 7.72. The zero-order valence-corrected chi connectivity index (χ0v) is 14.2. The van der Waals surface area contributed by atoms with Crippen LogP contribution in [0.25, 0.3) is 0 Å². The molecule has 26 heavy (non-hydrogen) atoms. The molecule has 0 aliphatic carbocycles. The summed E-state index contributed by atoms with van der Waals surface area (Å²) in [6, 6.07) is 8.26. The average molecular weight is 391 g/mol. The third kappa shape index (κ3) is 4.32. The van der Waals surface area contributed by atoms with Gasteiger partial charge in [0.1, 0.15) is 0 Å². The molecule has 0 radical (unpaired) electrons. The molecule has 2 aliphatic heterocycles. The molecule has 0 aromatic heterocycles. The Labute approximate surface area is 148 Å². The second kappa shape index (κ2) is 7.61. The van der Waals surface area contributed by atoms with Gasteiger partial charge in [-0.3, -0.25) is 0 Å². The number of nitriles is 1. The van der Waals surface area contributed by atoms with Crippen molar-refractivity contribution in [1.29, 1.82) is 5.26 Å². The van der Waals surface area contributed by atoms with E-state index >= 15 is 0 Å². The van der Waals surface area contributed by atoms with Crippen molar-refractivity contribution in [3.8, 4) is 6.07 Å². The average Bonchev–Trinajstić information content (AvgIpc) is 2.55. The smallest absolute Gasteiger partial charge is 0.475 e. The fourth-order valence-electron chi connectivity index (χ4n) is 2.82. The number of halogens is 3. The number of aliphatic carboxylic acids is 1.